The van der Waals surface area contributed by atoms with Crippen LogP contribution in [-0.4, -0.2) is 26.7 Å². The summed E-state index contributed by atoms with van der Waals surface area (Å²) in [5.74, 6) is 0.873. The first-order valence-electron chi connectivity index (χ1n) is 4.57. The van der Waals surface area contributed by atoms with E-state index >= 15 is 0 Å². The molecule has 2 rings (SSSR count). The molecule has 7 nitrogen and oxygen atoms in total. The molecule has 0 saturated heterocycles. The zero-order chi connectivity index (χ0) is 11.2. The maximum Gasteiger partial charge on any atom is 0.412 e. The molecule has 0 fully saturated rings. The zero-order valence-electron chi connectivity index (χ0n) is 8.25. The van der Waals surface area contributed by atoms with Gasteiger partial charge in [0.05, 0.1) is 6.54 Å². The van der Waals surface area contributed by atoms with Crippen LogP contribution in [0.5, 0.6) is 5.75 Å². The summed E-state index contributed by atoms with van der Waals surface area (Å²) in [5, 5.41) is 15.5. The van der Waals surface area contributed by atoms with Gasteiger partial charge in [-0.05, 0) is 12.1 Å². The molecule has 2 N–H and O–H groups in total. The third-order valence-electron chi connectivity index (χ3n) is 1.73. The maximum atomic E-state index is 11.3. The van der Waals surface area contributed by atoms with Crippen molar-refractivity contribution in [1.82, 2.24) is 25.9 Å². The summed E-state index contributed by atoms with van der Waals surface area (Å²) in [6.07, 6.45) is -0.559. The van der Waals surface area contributed by atoms with Crippen molar-refractivity contribution >= 4 is 6.09 Å². The van der Waals surface area contributed by atoms with Gasteiger partial charge < -0.3 is 10.1 Å². The number of para-hydroxylation sites is 1. The Morgan fingerprint density at radius 3 is 2.88 bits per heavy atom. The first-order chi connectivity index (χ1) is 7.84. The number of hydrogen-bond donors (Lipinski definition) is 2. The summed E-state index contributed by atoms with van der Waals surface area (Å²) in [4.78, 5) is 11.3. The Labute approximate surface area is 90.8 Å². The molecule has 2 aromatic rings. The topological polar surface area (TPSA) is 92.8 Å². The largest absolute Gasteiger partial charge is 0.412 e. The average molecular weight is 219 g/mol. The van der Waals surface area contributed by atoms with Gasteiger partial charge in [0.25, 0.3) is 0 Å². The van der Waals surface area contributed by atoms with Crippen LogP contribution in [0.4, 0.5) is 4.79 Å². The molecule has 0 unspecified atom stereocenters. The zero-order valence-corrected chi connectivity index (χ0v) is 8.25. The highest BCUT2D eigenvalue weighted by Crippen LogP contribution is 2.07. The van der Waals surface area contributed by atoms with Gasteiger partial charge in [-0.1, -0.05) is 23.4 Å². The molecule has 0 saturated carbocycles. The molecule has 0 radical (unpaired) electrons. The van der Waals surface area contributed by atoms with Gasteiger partial charge in [-0.2, -0.15) is 5.21 Å². The number of benzene rings is 1. The summed E-state index contributed by atoms with van der Waals surface area (Å²) < 4.78 is 4.98. The quantitative estimate of drug-likeness (QED) is 0.783. The molecular formula is C9H9N5O2. The second kappa shape index (κ2) is 4.87. The van der Waals surface area contributed by atoms with Gasteiger partial charge in [0.15, 0.2) is 5.82 Å². The summed E-state index contributed by atoms with van der Waals surface area (Å²) in [6.45, 7) is 0.169. The number of hydrogen-bond acceptors (Lipinski definition) is 5. The maximum absolute atomic E-state index is 11.3. The van der Waals surface area contributed by atoms with E-state index < -0.39 is 6.09 Å². The van der Waals surface area contributed by atoms with E-state index in [2.05, 4.69) is 25.9 Å². The monoisotopic (exact) mass is 219 g/mol. The lowest BCUT2D eigenvalue weighted by Crippen LogP contribution is -2.26. The number of nitrogens with one attached hydrogen (secondary N) is 2. The smallest absolute Gasteiger partial charge is 0.410 e. The number of aromatic nitrogens is 4. The lowest BCUT2D eigenvalue weighted by molar-refractivity contribution is 0.199. The van der Waals surface area contributed by atoms with Crippen LogP contribution in [0.15, 0.2) is 30.3 Å². The van der Waals surface area contributed by atoms with Gasteiger partial charge in [-0.3, -0.25) is 0 Å². The number of H-pyrrole nitrogens is 1. The van der Waals surface area contributed by atoms with Crippen molar-refractivity contribution in [2.75, 3.05) is 0 Å². The van der Waals surface area contributed by atoms with E-state index in [0.29, 0.717) is 11.6 Å². The third kappa shape index (κ3) is 2.77. The van der Waals surface area contributed by atoms with Gasteiger partial charge in [0, 0.05) is 0 Å². The van der Waals surface area contributed by atoms with Crippen molar-refractivity contribution in [1.29, 1.82) is 0 Å². The fourth-order valence-electron chi connectivity index (χ4n) is 1.04. The van der Waals surface area contributed by atoms with Crippen molar-refractivity contribution in [3.05, 3.63) is 36.2 Å². The van der Waals surface area contributed by atoms with E-state index in [9.17, 15) is 4.79 Å². The second-order valence-corrected chi connectivity index (χ2v) is 2.88. The number of rotatable bonds is 3. The van der Waals surface area contributed by atoms with E-state index in [1.165, 1.54) is 0 Å². The Morgan fingerprint density at radius 1 is 1.38 bits per heavy atom. The van der Waals surface area contributed by atoms with E-state index in [1.54, 1.807) is 24.3 Å². The molecule has 1 heterocycles. The molecule has 7 heteroatoms. The molecule has 0 spiro atoms. The summed E-state index contributed by atoms with van der Waals surface area (Å²) in [7, 11) is 0. The second-order valence-electron chi connectivity index (χ2n) is 2.88. The van der Waals surface area contributed by atoms with Crippen LogP contribution in [0.25, 0.3) is 0 Å². The number of amides is 1. The lowest BCUT2D eigenvalue weighted by atomic mass is 10.3. The molecule has 1 aromatic heterocycles. The van der Waals surface area contributed by atoms with Gasteiger partial charge in [-0.15, -0.1) is 10.2 Å². The normalized spacial score (nSPS) is 9.75. The summed E-state index contributed by atoms with van der Waals surface area (Å²) in [5.41, 5.74) is 0. The van der Waals surface area contributed by atoms with E-state index in [4.69, 9.17) is 4.74 Å². The predicted molar refractivity (Wildman–Crippen MR) is 53.5 cm³/mol. The lowest BCUT2D eigenvalue weighted by Gasteiger charge is -2.03. The first-order valence-corrected chi connectivity index (χ1v) is 4.57. The SMILES string of the molecule is O=C(NCc1nn[nH]n1)Oc1ccccc1. The van der Waals surface area contributed by atoms with Crippen LogP contribution in [0.1, 0.15) is 5.82 Å². The average Bonchev–Trinajstić information content (AvgIpc) is 2.81. The van der Waals surface area contributed by atoms with Gasteiger partial charge in [-0.25, -0.2) is 4.79 Å². The first kappa shape index (κ1) is 10.1. The minimum Gasteiger partial charge on any atom is -0.410 e. The molecule has 0 aliphatic heterocycles. The molecule has 16 heavy (non-hydrogen) atoms. The number of carbonyl (C=O) groups is 1. The molecule has 1 aromatic carbocycles. The number of tetrazole rings is 1. The van der Waals surface area contributed by atoms with Crippen LogP contribution in [0.2, 0.25) is 0 Å². The Bertz CT molecular complexity index is 442. The van der Waals surface area contributed by atoms with Crippen LogP contribution >= 0.6 is 0 Å². The van der Waals surface area contributed by atoms with Crippen molar-refractivity contribution < 1.29 is 9.53 Å². The molecule has 1 amide bonds. The van der Waals surface area contributed by atoms with Crippen molar-refractivity contribution in [2.45, 2.75) is 6.54 Å². The van der Waals surface area contributed by atoms with Gasteiger partial charge in [0.2, 0.25) is 0 Å². The predicted octanol–water partition coefficient (Wildman–Crippen LogP) is 0.488. The minimum atomic E-state index is -0.559. The Balaban J connectivity index is 1.81. The molecule has 0 atom stereocenters. The number of carbonyl (C=O) groups excluding carboxylic acids is 1. The van der Waals surface area contributed by atoms with E-state index in [1.807, 2.05) is 6.07 Å². The standard InChI is InChI=1S/C9H9N5O2/c15-9(10-6-8-11-13-14-12-8)16-7-4-2-1-3-5-7/h1-5H,6H2,(H,10,15)(H,11,12,13,14). The van der Waals surface area contributed by atoms with Crippen LogP contribution < -0.4 is 10.1 Å². The molecular weight excluding hydrogens is 210 g/mol. The molecule has 0 aliphatic rings. The Hall–Kier alpha value is -2.44. The van der Waals surface area contributed by atoms with Crippen molar-refractivity contribution in [3.8, 4) is 5.75 Å². The van der Waals surface area contributed by atoms with Crippen LogP contribution in [0.3, 0.4) is 0 Å². The van der Waals surface area contributed by atoms with Crippen molar-refractivity contribution in [3.63, 3.8) is 0 Å². The number of aromatic amines is 1. The van der Waals surface area contributed by atoms with E-state index in [0.717, 1.165) is 0 Å². The van der Waals surface area contributed by atoms with Crippen molar-refractivity contribution in [2.24, 2.45) is 0 Å². The molecule has 0 bridgehead atoms. The Kier molecular flexibility index (Phi) is 3.07. The van der Waals surface area contributed by atoms with Crippen LogP contribution in [-0.2, 0) is 6.54 Å². The molecule has 0 aliphatic carbocycles. The fourth-order valence-corrected chi connectivity index (χ4v) is 1.04. The van der Waals surface area contributed by atoms with Crippen LogP contribution in [0, 0.1) is 0 Å². The minimum absolute atomic E-state index is 0.169. The number of nitrogens with zero attached hydrogens (tertiary/aromatic N) is 3. The summed E-state index contributed by atoms with van der Waals surface area (Å²) >= 11 is 0. The fraction of sp³-hybridized carbons (Fsp3) is 0.111. The summed E-state index contributed by atoms with van der Waals surface area (Å²) in [6, 6.07) is 8.77. The third-order valence-corrected chi connectivity index (χ3v) is 1.73. The van der Waals surface area contributed by atoms with E-state index in [-0.39, 0.29) is 6.54 Å². The van der Waals surface area contributed by atoms with Gasteiger partial charge >= 0.3 is 6.09 Å². The highest BCUT2D eigenvalue weighted by Gasteiger charge is 2.05. The van der Waals surface area contributed by atoms with Gasteiger partial charge in [0.1, 0.15) is 5.75 Å². The highest BCUT2D eigenvalue weighted by molar-refractivity contribution is 5.70. The Morgan fingerprint density at radius 2 is 2.19 bits per heavy atom. The number of ether oxygens (including phenoxy) is 1. The highest BCUT2D eigenvalue weighted by atomic mass is 16.6. The molecule has 82 valence electrons.